The summed E-state index contributed by atoms with van der Waals surface area (Å²) in [5, 5.41) is 2.63. The smallest absolute Gasteiger partial charge is 0.207 e. The van der Waals surface area contributed by atoms with Crippen LogP contribution < -0.4 is 14.8 Å². The lowest BCUT2D eigenvalue weighted by atomic mass is 10.1. The Hall–Kier alpha value is -0.980. The maximum atomic E-state index is 10.1. The molecule has 5 heteroatoms. The van der Waals surface area contributed by atoms with Gasteiger partial charge < -0.3 is 14.8 Å². The summed E-state index contributed by atoms with van der Waals surface area (Å²) in [5.74, 6) is 1.43. The van der Waals surface area contributed by atoms with Crippen molar-refractivity contribution in [2.24, 2.45) is 0 Å². The van der Waals surface area contributed by atoms with E-state index in [0.717, 1.165) is 21.3 Å². The summed E-state index contributed by atoms with van der Waals surface area (Å²) in [7, 11) is 3.22. The van der Waals surface area contributed by atoms with Crippen LogP contribution >= 0.6 is 22.6 Å². The van der Waals surface area contributed by atoms with Gasteiger partial charge in [0, 0.05) is 10.1 Å². The van der Waals surface area contributed by atoms with Crippen molar-refractivity contribution in [3.63, 3.8) is 0 Å². The van der Waals surface area contributed by atoms with E-state index in [1.807, 2.05) is 12.1 Å². The molecule has 1 aromatic rings. The molecule has 0 aliphatic rings. The molecule has 1 amide bonds. The number of carbonyl (C=O) groups excluding carboxylic acids is 1. The molecule has 0 unspecified atom stereocenters. The molecule has 0 aliphatic carbocycles. The maximum absolute atomic E-state index is 10.1. The zero-order valence-electron chi connectivity index (χ0n) is 9.25. The van der Waals surface area contributed by atoms with Gasteiger partial charge in [-0.3, -0.25) is 4.79 Å². The number of methoxy groups -OCH3 is 2. The minimum Gasteiger partial charge on any atom is -0.493 e. The van der Waals surface area contributed by atoms with Gasteiger partial charge in [-0.1, -0.05) is 0 Å². The van der Waals surface area contributed by atoms with Crippen molar-refractivity contribution in [2.75, 3.05) is 20.8 Å². The molecule has 1 rings (SSSR count). The van der Waals surface area contributed by atoms with Crippen LogP contribution in [-0.2, 0) is 11.2 Å². The SMILES string of the molecule is COc1cc(I)c(CCNC=O)cc1OC. The van der Waals surface area contributed by atoms with Gasteiger partial charge in [0.15, 0.2) is 11.5 Å². The summed E-state index contributed by atoms with van der Waals surface area (Å²) < 4.78 is 11.5. The Morgan fingerprint density at radius 1 is 1.31 bits per heavy atom. The third kappa shape index (κ3) is 3.26. The highest BCUT2D eigenvalue weighted by molar-refractivity contribution is 14.1. The third-order valence-corrected chi connectivity index (χ3v) is 3.18. The maximum Gasteiger partial charge on any atom is 0.207 e. The highest BCUT2D eigenvalue weighted by Crippen LogP contribution is 2.31. The van der Waals surface area contributed by atoms with Crippen LogP contribution in [0.3, 0.4) is 0 Å². The summed E-state index contributed by atoms with van der Waals surface area (Å²) in [5.41, 5.74) is 1.13. The average Bonchev–Trinajstić information content (AvgIpc) is 2.31. The highest BCUT2D eigenvalue weighted by atomic mass is 127. The normalized spacial score (nSPS) is 9.69. The Kier molecular flexibility index (Phi) is 5.37. The van der Waals surface area contributed by atoms with Gasteiger partial charge in [-0.2, -0.15) is 0 Å². The number of benzene rings is 1. The minimum atomic E-state index is 0.620. The van der Waals surface area contributed by atoms with Crippen LogP contribution in [0.15, 0.2) is 12.1 Å². The van der Waals surface area contributed by atoms with Crippen molar-refractivity contribution in [1.29, 1.82) is 0 Å². The van der Waals surface area contributed by atoms with E-state index in [-0.39, 0.29) is 0 Å². The molecule has 0 atom stereocenters. The summed E-state index contributed by atoms with van der Waals surface area (Å²) in [6.07, 6.45) is 1.48. The number of ether oxygens (including phenoxy) is 2. The van der Waals surface area contributed by atoms with E-state index in [2.05, 4.69) is 27.9 Å². The zero-order chi connectivity index (χ0) is 12.0. The van der Waals surface area contributed by atoms with E-state index in [1.165, 1.54) is 0 Å². The van der Waals surface area contributed by atoms with Crippen LogP contribution in [-0.4, -0.2) is 27.2 Å². The predicted octanol–water partition coefficient (Wildman–Crippen LogP) is 1.60. The topological polar surface area (TPSA) is 47.6 Å². The third-order valence-electron chi connectivity index (χ3n) is 2.17. The number of amides is 1. The molecule has 1 aromatic carbocycles. The van der Waals surface area contributed by atoms with Crippen LogP contribution in [0.2, 0.25) is 0 Å². The van der Waals surface area contributed by atoms with Gasteiger partial charge in [-0.25, -0.2) is 0 Å². The number of hydrogen-bond donors (Lipinski definition) is 1. The van der Waals surface area contributed by atoms with Crippen LogP contribution in [0.25, 0.3) is 0 Å². The summed E-state index contributed by atoms with van der Waals surface area (Å²) in [6, 6.07) is 3.86. The van der Waals surface area contributed by atoms with E-state index in [4.69, 9.17) is 9.47 Å². The van der Waals surface area contributed by atoms with Crippen LogP contribution in [0.1, 0.15) is 5.56 Å². The molecule has 0 saturated heterocycles. The molecule has 0 aromatic heterocycles. The second-order valence-electron chi connectivity index (χ2n) is 3.12. The van der Waals surface area contributed by atoms with Gasteiger partial charge in [0.25, 0.3) is 0 Å². The standard InChI is InChI=1S/C11H14INO3/c1-15-10-5-8(3-4-13-7-14)9(12)6-11(10)16-2/h5-7H,3-4H2,1-2H3,(H,13,14). The highest BCUT2D eigenvalue weighted by Gasteiger charge is 2.08. The average molecular weight is 335 g/mol. The molecule has 0 heterocycles. The van der Waals surface area contributed by atoms with E-state index >= 15 is 0 Å². The molecular formula is C11H14INO3. The van der Waals surface area contributed by atoms with Crippen molar-refractivity contribution in [3.05, 3.63) is 21.3 Å². The number of rotatable bonds is 6. The van der Waals surface area contributed by atoms with Crippen LogP contribution in [0.5, 0.6) is 11.5 Å². The molecule has 0 radical (unpaired) electrons. The summed E-state index contributed by atoms with van der Waals surface area (Å²) in [4.78, 5) is 10.1. The molecule has 16 heavy (non-hydrogen) atoms. The van der Waals surface area contributed by atoms with Gasteiger partial charge >= 0.3 is 0 Å². The molecule has 0 bridgehead atoms. The predicted molar refractivity (Wildman–Crippen MR) is 70.0 cm³/mol. The molecule has 0 spiro atoms. The number of halogens is 1. The van der Waals surface area contributed by atoms with Crippen molar-refractivity contribution >= 4 is 29.0 Å². The van der Waals surface area contributed by atoms with Gasteiger partial charge in [0.2, 0.25) is 6.41 Å². The Balaban J connectivity index is 2.88. The number of hydrogen-bond acceptors (Lipinski definition) is 3. The van der Waals surface area contributed by atoms with Crippen molar-refractivity contribution < 1.29 is 14.3 Å². The van der Waals surface area contributed by atoms with Gasteiger partial charge in [-0.15, -0.1) is 0 Å². The molecule has 0 saturated carbocycles. The van der Waals surface area contributed by atoms with Crippen LogP contribution in [0, 0.1) is 3.57 Å². The lowest BCUT2D eigenvalue weighted by Gasteiger charge is -2.11. The molecule has 0 aliphatic heterocycles. The van der Waals surface area contributed by atoms with Gasteiger partial charge in [-0.05, 0) is 46.7 Å². The van der Waals surface area contributed by atoms with E-state index in [9.17, 15) is 4.79 Å². The van der Waals surface area contributed by atoms with E-state index in [1.54, 1.807) is 14.2 Å². The number of carbonyl (C=O) groups is 1. The first-order valence-corrected chi connectivity index (χ1v) is 5.88. The monoisotopic (exact) mass is 335 g/mol. The van der Waals surface area contributed by atoms with Crippen molar-refractivity contribution in [3.8, 4) is 11.5 Å². The van der Waals surface area contributed by atoms with Gasteiger partial charge in [0.1, 0.15) is 0 Å². The molecular weight excluding hydrogens is 321 g/mol. The summed E-state index contributed by atoms with van der Waals surface area (Å²) in [6.45, 7) is 0.620. The van der Waals surface area contributed by atoms with E-state index < -0.39 is 0 Å². The molecule has 88 valence electrons. The second kappa shape index (κ2) is 6.57. The Bertz CT molecular complexity index is 368. The first kappa shape index (κ1) is 13.1. The lowest BCUT2D eigenvalue weighted by molar-refractivity contribution is -0.109. The molecule has 0 fully saturated rings. The fourth-order valence-electron chi connectivity index (χ4n) is 1.35. The summed E-state index contributed by atoms with van der Waals surface area (Å²) >= 11 is 2.24. The quantitative estimate of drug-likeness (QED) is 0.488. The van der Waals surface area contributed by atoms with Crippen molar-refractivity contribution in [1.82, 2.24) is 5.32 Å². The van der Waals surface area contributed by atoms with Gasteiger partial charge in [0.05, 0.1) is 14.2 Å². The zero-order valence-corrected chi connectivity index (χ0v) is 11.4. The Morgan fingerprint density at radius 3 is 2.50 bits per heavy atom. The Morgan fingerprint density at radius 2 is 1.94 bits per heavy atom. The molecule has 1 N–H and O–H groups in total. The Labute approximate surface area is 108 Å². The first-order valence-electron chi connectivity index (χ1n) is 4.80. The number of nitrogens with one attached hydrogen (secondary N) is 1. The first-order chi connectivity index (χ1) is 7.72. The second-order valence-corrected chi connectivity index (χ2v) is 4.28. The largest absolute Gasteiger partial charge is 0.493 e. The molecule has 4 nitrogen and oxygen atoms in total. The fraction of sp³-hybridized carbons (Fsp3) is 0.364. The minimum absolute atomic E-state index is 0.620. The lowest BCUT2D eigenvalue weighted by Crippen LogP contribution is -2.15. The fourth-order valence-corrected chi connectivity index (χ4v) is 2.06. The van der Waals surface area contributed by atoms with Crippen molar-refractivity contribution in [2.45, 2.75) is 6.42 Å². The van der Waals surface area contributed by atoms with E-state index in [0.29, 0.717) is 18.7 Å². The van der Waals surface area contributed by atoms with Crippen LogP contribution in [0.4, 0.5) is 0 Å².